The van der Waals surface area contributed by atoms with E-state index in [0.717, 1.165) is 5.76 Å². The van der Waals surface area contributed by atoms with Gasteiger partial charge in [0.15, 0.2) is 5.78 Å². The minimum atomic E-state index is -0.486. The fourth-order valence-electron chi connectivity index (χ4n) is 1.45. The van der Waals surface area contributed by atoms with Gasteiger partial charge in [-0.05, 0) is 18.1 Å². The minimum Gasteiger partial charge on any atom is -0.469 e. The van der Waals surface area contributed by atoms with Crippen LogP contribution in [0.3, 0.4) is 0 Å². The van der Waals surface area contributed by atoms with Crippen LogP contribution in [0.15, 0.2) is 22.8 Å². The summed E-state index contributed by atoms with van der Waals surface area (Å²) in [6.07, 6.45) is 2.55. The van der Waals surface area contributed by atoms with Crippen molar-refractivity contribution < 1.29 is 9.21 Å². The second-order valence-electron chi connectivity index (χ2n) is 3.90. The molecule has 3 heteroatoms. The maximum absolute atomic E-state index is 11.6. The average Bonchev–Trinajstić information content (AvgIpc) is 2.67. The van der Waals surface area contributed by atoms with E-state index in [0.29, 0.717) is 12.8 Å². The lowest BCUT2D eigenvalue weighted by Gasteiger charge is -2.10. The lowest BCUT2D eigenvalue weighted by molar-refractivity contribution is -0.122. The molecule has 1 aromatic heterocycles. The van der Waals surface area contributed by atoms with Crippen LogP contribution in [0, 0.1) is 23.2 Å². The van der Waals surface area contributed by atoms with E-state index in [9.17, 15) is 4.79 Å². The van der Waals surface area contributed by atoms with E-state index in [2.05, 4.69) is 6.07 Å². The number of rotatable bonds is 5. The Morgan fingerprint density at radius 3 is 2.80 bits per heavy atom. The van der Waals surface area contributed by atoms with Crippen LogP contribution in [0.2, 0.25) is 0 Å². The van der Waals surface area contributed by atoms with E-state index in [1.807, 2.05) is 19.9 Å². The molecule has 0 bridgehead atoms. The van der Waals surface area contributed by atoms with E-state index in [-0.39, 0.29) is 11.7 Å². The lowest BCUT2D eigenvalue weighted by atomic mass is 9.90. The molecule has 1 heterocycles. The molecule has 0 fully saturated rings. The van der Waals surface area contributed by atoms with Gasteiger partial charge in [-0.15, -0.1) is 0 Å². The maximum atomic E-state index is 11.6. The fraction of sp³-hybridized carbons (Fsp3) is 0.500. The molecule has 0 N–H and O–H groups in total. The van der Waals surface area contributed by atoms with Crippen molar-refractivity contribution >= 4 is 5.78 Å². The summed E-state index contributed by atoms with van der Waals surface area (Å²) in [5.74, 6) is 0.395. The summed E-state index contributed by atoms with van der Waals surface area (Å²) in [6.45, 7) is 3.78. The van der Waals surface area contributed by atoms with Gasteiger partial charge in [0.25, 0.3) is 0 Å². The molecule has 0 radical (unpaired) electrons. The van der Waals surface area contributed by atoms with Gasteiger partial charge in [-0.3, -0.25) is 4.79 Å². The van der Waals surface area contributed by atoms with E-state index in [4.69, 9.17) is 9.68 Å². The zero-order chi connectivity index (χ0) is 11.3. The van der Waals surface area contributed by atoms with Crippen molar-refractivity contribution in [2.45, 2.75) is 26.7 Å². The van der Waals surface area contributed by atoms with Crippen molar-refractivity contribution in [3.63, 3.8) is 0 Å². The first-order valence-corrected chi connectivity index (χ1v) is 5.10. The third-order valence-corrected chi connectivity index (χ3v) is 2.35. The number of nitrogens with zero attached hydrogens (tertiary/aromatic N) is 1. The molecule has 0 aliphatic heterocycles. The van der Waals surface area contributed by atoms with Gasteiger partial charge in [0.05, 0.1) is 12.3 Å². The van der Waals surface area contributed by atoms with Crippen LogP contribution in [0.1, 0.15) is 26.0 Å². The highest BCUT2D eigenvalue weighted by molar-refractivity contribution is 5.83. The molecule has 0 saturated carbocycles. The van der Waals surface area contributed by atoms with Gasteiger partial charge in [0.1, 0.15) is 11.7 Å². The van der Waals surface area contributed by atoms with E-state index >= 15 is 0 Å². The summed E-state index contributed by atoms with van der Waals surface area (Å²) >= 11 is 0. The van der Waals surface area contributed by atoms with Gasteiger partial charge in [0.2, 0.25) is 0 Å². The summed E-state index contributed by atoms with van der Waals surface area (Å²) in [5.41, 5.74) is 0. The molecule has 0 amide bonds. The molecule has 0 aromatic carbocycles. The molecule has 0 aliphatic carbocycles. The molecule has 3 nitrogen and oxygen atoms in total. The number of carbonyl (C=O) groups excluding carboxylic acids is 1. The zero-order valence-corrected chi connectivity index (χ0v) is 9.06. The van der Waals surface area contributed by atoms with Gasteiger partial charge >= 0.3 is 0 Å². The predicted octanol–water partition coefficient (Wildman–Crippen LogP) is 2.58. The Balaban J connectivity index is 2.46. The summed E-state index contributed by atoms with van der Waals surface area (Å²) < 4.78 is 5.12. The highest BCUT2D eigenvalue weighted by Gasteiger charge is 2.21. The second-order valence-corrected chi connectivity index (χ2v) is 3.90. The molecule has 0 aliphatic rings. The van der Waals surface area contributed by atoms with Gasteiger partial charge in [-0.2, -0.15) is 5.26 Å². The largest absolute Gasteiger partial charge is 0.469 e. The summed E-state index contributed by atoms with van der Waals surface area (Å²) in [6, 6.07) is 5.68. The Kier molecular flexibility index (Phi) is 4.11. The first kappa shape index (κ1) is 11.5. The topological polar surface area (TPSA) is 54.0 Å². The number of furan rings is 1. The van der Waals surface area contributed by atoms with Gasteiger partial charge in [0, 0.05) is 12.8 Å². The second kappa shape index (κ2) is 5.35. The monoisotopic (exact) mass is 205 g/mol. The summed E-state index contributed by atoms with van der Waals surface area (Å²) in [4.78, 5) is 11.6. The number of hydrogen-bond donors (Lipinski definition) is 0. The van der Waals surface area contributed by atoms with Crippen molar-refractivity contribution in [2.24, 2.45) is 11.8 Å². The van der Waals surface area contributed by atoms with Crippen molar-refractivity contribution in [2.75, 3.05) is 0 Å². The van der Waals surface area contributed by atoms with Crippen LogP contribution in [-0.4, -0.2) is 5.78 Å². The van der Waals surface area contributed by atoms with E-state index < -0.39 is 5.92 Å². The minimum absolute atomic E-state index is 0.00361. The van der Waals surface area contributed by atoms with Gasteiger partial charge in [-0.1, -0.05) is 13.8 Å². The number of carbonyl (C=O) groups is 1. The highest BCUT2D eigenvalue weighted by Crippen LogP contribution is 2.14. The molecule has 0 saturated heterocycles. The maximum Gasteiger partial charge on any atom is 0.150 e. The molecule has 0 spiro atoms. The van der Waals surface area contributed by atoms with Gasteiger partial charge < -0.3 is 4.42 Å². The van der Waals surface area contributed by atoms with E-state index in [1.165, 1.54) is 0 Å². The molecular weight excluding hydrogens is 190 g/mol. The Bertz CT molecular complexity index is 346. The van der Waals surface area contributed by atoms with Crippen LogP contribution in [-0.2, 0) is 11.2 Å². The molecular formula is C12H15NO2. The normalized spacial score (nSPS) is 12.4. The first-order chi connectivity index (χ1) is 7.15. The molecule has 15 heavy (non-hydrogen) atoms. The number of hydrogen-bond acceptors (Lipinski definition) is 3. The predicted molar refractivity (Wildman–Crippen MR) is 56.0 cm³/mol. The molecule has 1 atom stereocenters. The van der Waals surface area contributed by atoms with Crippen LogP contribution in [0.25, 0.3) is 0 Å². The molecule has 1 aromatic rings. The number of Topliss-reactive ketones (excluding diaryl/α,β-unsaturated/α-hetero) is 1. The average molecular weight is 205 g/mol. The van der Waals surface area contributed by atoms with E-state index in [1.54, 1.807) is 12.3 Å². The number of nitriles is 1. The Morgan fingerprint density at radius 2 is 2.33 bits per heavy atom. The molecule has 1 unspecified atom stereocenters. The lowest BCUT2D eigenvalue weighted by Crippen LogP contribution is -2.18. The van der Waals surface area contributed by atoms with Crippen molar-refractivity contribution in [3.8, 4) is 6.07 Å². The van der Waals surface area contributed by atoms with Gasteiger partial charge in [-0.25, -0.2) is 0 Å². The Labute approximate surface area is 89.7 Å². The smallest absolute Gasteiger partial charge is 0.150 e. The molecule has 80 valence electrons. The number of ketones is 1. The summed E-state index contributed by atoms with van der Waals surface area (Å²) in [5, 5.41) is 8.83. The van der Waals surface area contributed by atoms with Crippen molar-refractivity contribution in [1.82, 2.24) is 0 Å². The first-order valence-electron chi connectivity index (χ1n) is 5.10. The van der Waals surface area contributed by atoms with Crippen molar-refractivity contribution in [3.05, 3.63) is 24.2 Å². The van der Waals surface area contributed by atoms with Crippen LogP contribution < -0.4 is 0 Å². The standard InChI is InChI=1S/C12H15NO2/c1-9(2)11(8-13)12(14)6-5-10-4-3-7-15-10/h3-4,7,9,11H,5-6H2,1-2H3. The Hall–Kier alpha value is -1.56. The van der Waals surface area contributed by atoms with Crippen LogP contribution in [0.4, 0.5) is 0 Å². The number of aryl methyl sites for hydroxylation is 1. The quantitative estimate of drug-likeness (QED) is 0.742. The third-order valence-electron chi connectivity index (χ3n) is 2.35. The fourth-order valence-corrected chi connectivity index (χ4v) is 1.45. The summed E-state index contributed by atoms with van der Waals surface area (Å²) in [7, 11) is 0. The zero-order valence-electron chi connectivity index (χ0n) is 9.06. The Morgan fingerprint density at radius 1 is 1.60 bits per heavy atom. The van der Waals surface area contributed by atoms with Crippen LogP contribution >= 0.6 is 0 Å². The van der Waals surface area contributed by atoms with Crippen LogP contribution in [0.5, 0.6) is 0 Å². The van der Waals surface area contributed by atoms with Crippen molar-refractivity contribution in [1.29, 1.82) is 5.26 Å². The third kappa shape index (κ3) is 3.25. The molecule has 1 rings (SSSR count). The SMILES string of the molecule is CC(C)C(C#N)C(=O)CCc1ccco1. The highest BCUT2D eigenvalue weighted by atomic mass is 16.3.